The molecule has 1 amide bonds. The molecule has 1 aliphatic heterocycles. The third-order valence-electron chi connectivity index (χ3n) is 4.45. The number of methoxy groups -OCH3 is 1. The van der Waals surface area contributed by atoms with Crippen LogP contribution in [-0.4, -0.2) is 46.2 Å². The minimum absolute atomic E-state index is 0.0596. The van der Waals surface area contributed by atoms with E-state index in [2.05, 4.69) is 15.2 Å². The van der Waals surface area contributed by atoms with Crippen LogP contribution in [0.5, 0.6) is 0 Å². The molecule has 0 saturated heterocycles. The van der Waals surface area contributed by atoms with Crippen molar-refractivity contribution >= 4 is 5.91 Å². The van der Waals surface area contributed by atoms with E-state index in [-0.39, 0.29) is 11.9 Å². The topological polar surface area (TPSA) is 71.1 Å². The molecule has 0 aliphatic carbocycles. The van der Waals surface area contributed by atoms with Crippen LogP contribution in [0.1, 0.15) is 27.7 Å². The van der Waals surface area contributed by atoms with Gasteiger partial charge in [-0.15, -0.1) is 0 Å². The number of nitrogens with one attached hydrogen (secondary N) is 1. The molecule has 25 heavy (non-hydrogen) atoms. The van der Waals surface area contributed by atoms with Gasteiger partial charge in [0, 0.05) is 37.2 Å². The molecule has 6 nitrogen and oxygen atoms in total. The largest absolute Gasteiger partial charge is 0.383 e. The van der Waals surface area contributed by atoms with Gasteiger partial charge in [-0.2, -0.15) is 5.10 Å². The molecular weight excluding hydrogens is 316 g/mol. The second-order valence-electron chi connectivity index (χ2n) is 5.91. The van der Waals surface area contributed by atoms with Crippen molar-refractivity contribution in [2.45, 2.75) is 6.04 Å². The number of aromatic amines is 1. The molecule has 0 saturated carbocycles. The van der Waals surface area contributed by atoms with Crippen LogP contribution in [0.15, 0.2) is 54.9 Å². The van der Waals surface area contributed by atoms with E-state index in [0.29, 0.717) is 18.8 Å². The SMILES string of the molecule is COCCN1C(=O)c2[nH]nc(-c3ccccc3)c2C1c1cccnc1. The second-order valence-corrected chi connectivity index (χ2v) is 5.91. The number of H-pyrrole nitrogens is 1. The summed E-state index contributed by atoms with van der Waals surface area (Å²) in [6.45, 7) is 0.979. The lowest BCUT2D eigenvalue weighted by atomic mass is 9.97. The summed E-state index contributed by atoms with van der Waals surface area (Å²) in [7, 11) is 1.63. The van der Waals surface area contributed by atoms with Crippen LogP contribution in [0.25, 0.3) is 11.3 Å². The average Bonchev–Trinajstić information content (AvgIpc) is 3.21. The third kappa shape index (κ3) is 2.60. The van der Waals surface area contributed by atoms with Crippen molar-refractivity contribution in [3.05, 3.63) is 71.7 Å². The standard InChI is InChI=1S/C19H18N4O2/c1-25-11-10-23-18(14-8-5-9-20-12-14)15-16(13-6-3-2-4-7-13)21-22-17(15)19(23)24/h2-9,12,18H,10-11H2,1H3,(H,21,22). The second kappa shape index (κ2) is 6.49. The van der Waals surface area contributed by atoms with Crippen molar-refractivity contribution < 1.29 is 9.53 Å². The highest BCUT2D eigenvalue weighted by molar-refractivity contribution is 6.00. The van der Waals surface area contributed by atoms with E-state index < -0.39 is 0 Å². The number of ether oxygens (including phenoxy) is 1. The molecule has 1 N–H and O–H groups in total. The molecule has 1 aromatic carbocycles. The van der Waals surface area contributed by atoms with Crippen LogP contribution < -0.4 is 0 Å². The number of hydrogen-bond acceptors (Lipinski definition) is 4. The molecule has 1 aliphatic rings. The number of amides is 1. The summed E-state index contributed by atoms with van der Waals surface area (Å²) in [5.74, 6) is -0.0596. The van der Waals surface area contributed by atoms with E-state index in [1.54, 1.807) is 19.5 Å². The summed E-state index contributed by atoms with van der Waals surface area (Å²) in [4.78, 5) is 19.0. The van der Waals surface area contributed by atoms with Crippen LogP contribution in [0.3, 0.4) is 0 Å². The van der Waals surface area contributed by atoms with Crippen molar-refractivity contribution in [1.82, 2.24) is 20.1 Å². The quantitative estimate of drug-likeness (QED) is 0.779. The van der Waals surface area contributed by atoms with Crippen molar-refractivity contribution in [2.24, 2.45) is 0 Å². The third-order valence-corrected chi connectivity index (χ3v) is 4.45. The average molecular weight is 334 g/mol. The summed E-state index contributed by atoms with van der Waals surface area (Å²) in [5.41, 5.74) is 4.20. The molecule has 3 aromatic rings. The number of rotatable bonds is 5. The lowest BCUT2D eigenvalue weighted by Crippen LogP contribution is -2.32. The molecule has 6 heteroatoms. The molecule has 0 radical (unpaired) electrons. The van der Waals surface area contributed by atoms with Gasteiger partial charge in [0.15, 0.2) is 0 Å². The lowest BCUT2D eigenvalue weighted by Gasteiger charge is -2.25. The maximum absolute atomic E-state index is 12.9. The van der Waals surface area contributed by atoms with Crippen molar-refractivity contribution in [3.8, 4) is 11.3 Å². The Morgan fingerprint density at radius 2 is 2.04 bits per heavy atom. The van der Waals surface area contributed by atoms with Gasteiger partial charge in [0.25, 0.3) is 5.91 Å². The van der Waals surface area contributed by atoms with Crippen molar-refractivity contribution in [2.75, 3.05) is 20.3 Å². The van der Waals surface area contributed by atoms with Gasteiger partial charge in [-0.25, -0.2) is 0 Å². The zero-order valence-corrected chi connectivity index (χ0v) is 13.8. The smallest absolute Gasteiger partial charge is 0.273 e. The molecular formula is C19H18N4O2. The predicted octanol–water partition coefficient (Wildman–Crippen LogP) is 2.66. The first-order chi connectivity index (χ1) is 12.3. The molecule has 0 fully saturated rings. The van der Waals surface area contributed by atoms with Gasteiger partial charge in [-0.1, -0.05) is 36.4 Å². The summed E-state index contributed by atoms with van der Waals surface area (Å²) in [6.07, 6.45) is 3.53. The normalized spacial score (nSPS) is 16.3. The molecule has 4 rings (SSSR count). The maximum Gasteiger partial charge on any atom is 0.273 e. The summed E-state index contributed by atoms with van der Waals surface area (Å²) >= 11 is 0. The zero-order valence-electron chi connectivity index (χ0n) is 13.8. The number of nitrogens with zero attached hydrogens (tertiary/aromatic N) is 3. The Bertz CT molecular complexity index is 877. The first-order valence-corrected chi connectivity index (χ1v) is 8.14. The minimum Gasteiger partial charge on any atom is -0.383 e. The van der Waals surface area contributed by atoms with Gasteiger partial charge in [-0.05, 0) is 11.6 Å². The summed E-state index contributed by atoms with van der Waals surface area (Å²) in [5, 5.41) is 7.36. The van der Waals surface area contributed by atoms with Gasteiger partial charge in [0.2, 0.25) is 0 Å². The fourth-order valence-electron chi connectivity index (χ4n) is 3.32. The van der Waals surface area contributed by atoms with Gasteiger partial charge in [0.05, 0.1) is 18.3 Å². The maximum atomic E-state index is 12.9. The predicted molar refractivity (Wildman–Crippen MR) is 93.0 cm³/mol. The number of fused-ring (bicyclic) bond motifs is 1. The molecule has 2 aromatic heterocycles. The Morgan fingerprint density at radius 3 is 2.76 bits per heavy atom. The highest BCUT2D eigenvalue weighted by Gasteiger charge is 2.41. The highest BCUT2D eigenvalue weighted by Crippen LogP contribution is 2.42. The fourth-order valence-corrected chi connectivity index (χ4v) is 3.32. The Kier molecular flexibility index (Phi) is 4.03. The van der Waals surface area contributed by atoms with Crippen LogP contribution in [0.4, 0.5) is 0 Å². The Balaban J connectivity index is 1.86. The number of hydrogen-bond donors (Lipinski definition) is 1. The number of carbonyl (C=O) groups is 1. The van der Waals surface area contributed by atoms with E-state index >= 15 is 0 Å². The lowest BCUT2D eigenvalue weighted by molar-refractivity contribution is 0.0677. The first-order valence-electron chi connectivity index (χ1n) is 8.14. The molecule has 0 spiro atoms. The Hall–Kier alpha value is -2.99. The van der Waals surface area contributed by atoms with E-state index in [1.165, 1.54) is 0 Å². The molecule has 1 unspecified atom stereocenters. The monoisotopic (exact) mass is 334 g/mol. The van der Waals surface area contributed by atoms with Crippen molar-refractivity contribution in [3.63, 3.8) is 0 Å². The number of carbonyl (C=O) groups excluding carboxylic acids is 1. The van der Waals surface area contributed by atoms with E-state index in [0.717, 1.165) is 22.4 Å². The highest BCUT2D eigenvalue weighted by atomic mass is 16.5. The summed E-state index contributed by atoms with van der Waals surface area (Å²) < 4.78 is 5.19. The van der Waals surface area contributed by atoms with Gasteiger partial charge < -0.3 is 9.64 Å². The van der Waals surface area contributed by atoms with Crippen LogP contribution in [-0.2, 0) is 4.74 Å². The molecule has 126 valence electrons. The molecule has 0 bridgehead atoms. The van der Waals surface area contributed by atoms with Crippen LogP contribution >= 0.6 is 0 Å². The molecule has 1 atom stereocenters. The van der Waals surface area contributed by atoms with E-state index in [9.17, 15) is 4.79 Å². The Morgan fingerprint density at radius 1 is 1.20 bits per heavy atom. The number of aromatic nitrogens is 3. The van der Waals surface area contributed by atoms with E-state index in [4.69, 9.17) is 4.74 Å². The number of benzene rings is 1. The molecule has 3 heterocycles. The van der Waals surface area contributed by atoms with Crippen molar-refractivity contribution in [1.29, 1.82) is 0 Å². The van der Waals surface area contributed by atoms with Crippen LogP contribution in [0.2, 0.25) is 0 Å². The first kappa shape index (κ1) is 15.5. The summed E-state index contributed by atoms with van der Waals surface area (Å²) in [6, 6.07) is 13.5. The van der Waals surface area contributed by atoms with Gasteiger partial charge >= 0.3 is 0 Å². The van der Waals surface area contributed by atoms with Crippen LogP contribution in [0, 0.1) is 0 Å². The number of pyridine rings is 1. The van der Waals surface area contributed by atoms with E-state index in [1.807, 2.05) is 47.4 Å². The Labute approximate surface area is 145 Å². The zero-order chi connectivity index (χ0) is 17.2. The van der Waals surface area contributed by atoms with Gasteiger partial charge in [0.1, 0.15) is 5.69 Å². The van der Waals surface area contributed by atoms with Gasteiger partial charge in [-0.3, -0.25) is 14.9 Å². The fraction of sp³-hybridized carbons (Fsp3) is 0.211. The minimum atomic E-state index is -0.222.